The molecular weight excluding hydrogens is 368 g/mol. The van der Waals surface area contributed by atoms with Gasteiger partial charge in [0, 0.05) is 5.56 Å². The fourth-order valence-corrected chi connectivity index (χ4v) is 2.23. The number of alkyl halides is 3. The van der Waals surface area contributed by atoms with Crippen LogP contribution in [0.15, 0.2) is 53.1 Å². The molecule has 0 N–H and O–H groups in total. The Morgan fingerprint density at radius 2 is 1.85 bits per heavy atom. The fourth-order valence-electron chi connectivity index (χ4n) is 2.23. The average Bonchev–Trinajstić information content (AvgIpc) is 3.10. The van der Waals surface area contributed by atoms with Crippen LogP contribution in [0.2, 0.25) is 0 Å². The minimum absolute atomic E-state index is 0.0503. The van der Waals surface area contributed by atoms with Gasteiger partial charge in [-0.3, -0.25) is 4.79 Å². The van der Waals surface area contributed by atoms with Gasteiger partial charge in [0.25, 0.3) is 5.89 Å². The summed E-state index contributed by atoms with van der Waals surface area (Å²) in [5.41, 5.74) is -0.147. The third kappa shape index (κ3) is 4.90. The molecular formula is C18H12F4N2O3. The smallest absolute Gasteiger partial charge is 0.416 e. The summed E-state index contributed by atoms with van der Waals surface area (Å²) in [6.07, 6.45) is -4.56. The Labute approximate surface area is 150 Å². The third-order valence-electron chi connectivity index (χ3n) is 3.53. The maximum absolute atomic E-state index is 12.8. The van der Waals surface area contributed by atoms with E-state index in [1.54, 1.807) is 0 Å². The van der Waals surface area contributed by atoms with Crippen LogP contribution in [0, 0.1) is 5.82 Å². The fraction of sp³-hybridized carbons (Fsp3) is 0.167. The van der Waals surface area contributed by atoms with Crippen molar-refractivity contribution in [2.75, 3.05) is 0 Å². The largest absolute Gasteiger partial charge is 0.455 e. The summed E-state index contributed by atoms with van der Waals surface area (Å²) in [4.78, 5) is 15.7. The van der Waals surface area contributed by atoms with Gasteiger partial charge in [-0.1, -0.05) is 29.4 Å². The summed E-state index contributed by atoms with van der Waals surface area (Å²) in [6.45, 7) is -0.327. The second-order valence-electron chi connectivity index (χ2n) is 5.55. The van der Waals surface area contributed by atoms with Gasteiger partial charge in [-0.15, -0.1) is 0 Å². The van der Waals surface area contributed by atoms with E-state index in [1.807, 2.05) is 0 Å². The van der Waals surface area contributed by atoms with Gasteiger partial charge in [-0.05, 0) is 29.8 Å². The molecule has 0 aliphatic heterocycles. The molecule has 1 heterocycles. The van der Waals surface area contributed by atoms with Crippen molar-refractivity contribution in [1.29, 1.82) is 0 Å². The van der Waals surface area contributed by atoms with Crippen molar-refractivity contribution in [3.8, 4) is 11.4 Å². The van der Waals surface area contributed by atoms with E-state index in [-0.39, 0.29) is 30.3 Å². The van der Waals surface area contributed by atoms with Gasteiger partial charge in [-0.25, -0.2) is 4.39 Å². The van der Waals surface area contributed by atoms with E-state index in [4.69, 9.17) is 9.26 Å². The monoisotopic (exact) mass is 380 g/mol. The van der Waals surface area contributed by atoms with Crippen LogP contribution in [0.3, 0.4) is 0 Å². The molecule has 0 aliphatic carbocycles. The van der Waals surface area contributed by atoms with Gasteiger partial charge >= 0.3 is 12.1 Å². The molecule has 0 saturated carbocycles. The van der Waals surface area contributed by atoms with Gasteiger partial charge in [0.15, 0.2) is 6.61 Å². The van der Waals surface area contributed by atoms with Crippen molar-refractivity contribution < 1.29 is 31.6 Å². The Bertz CT molecular complexity index is 936. The van der Waals surface area contributed by atoms with E-state index in [9.17, 15) is 22.4 Å². The molecule has 0 fully saturated rings. The van der Waals surface area contributed by atoms with Crippen LogP contribution in [0.5, 0.6) is 0 Å². The molecule has 0 spiro atoms. The number of carbonyl (C=O) groups excluding carboxylic acids is 1. The minimum Gasteiger partial charge on any atom is -0.455 e. The van der Waals surface area contributed by atoms with Gasteiger partial charge in [-0.2, -0.15) is 18.2 Å². The SMILES string of the molecule is O=C(Cc1ccc(F)cc1)OCc1nc(-c2cccc(C(F)(F)F)c2)no1. The molecule has 1 aromatic heterocycles. The molecule has 140 valence electrons. The van der Waals surface area contributed by atoms with Crippen LogP contribution in [-0.2, 0) is 28.7 Å². The highest BCUT2D eigenvalue weighted by Gasteiger charge is 2.30. The van der Waals surface area contributed by atoms with Crippen molar-refractivity contribution in [2.45, 2.75) is 19.2 Å². The van der Waals surface area contributed by atoms with Crippen LogP contribution in [0.25, 0.3) is 11.4 Å². The first-order valence-corrected chi connectivity index (χ1v) is 7.71. The zero-order valence-electron chi connectivity index (χ0n) is 13.7. The van der Waals surface area contributed by atoms with Crippen LogP contribution >= 0.6 is 0 Å². The number of nitrogens with zero attached hydrogens (tertiary/aromatic N) is 2. The Kier molecular flexibility index (Phi) is 5.20. The Balaban J connectivity index is 1.61. The maximum Gasteiger partial charge on any atom is 0.416 e. The Morgan fingerprint density at radius 3 is 2.56 bits per heavy atom. The molecule has 2 aromatic carbocycles. The quantitative estimate of drug-likeness (QED) is 0.491. The van der Waals surface area contributed by atoms with E-state index in [2.05, 4.69) is 10.1 Å². The number of hydrogen-bond acceptors (Lipinski definition) is 5. The first-order valence-electron chi connectivity index (χ1n) is 7.71. The highest BCUT2D eigenvalue weighted by Crippen LogP contribution is 2.31. The molecule has 9 heteroatoms. The lowest BCUT2D eigenvalue weighted by atomic mass is 10.1. The van der Waals surface area contributed by atoms with Gasteiger partial charge in [0.05, 0.1) is 12.0 Å². The second kappa shape index (κ2) is 7.56. The first-order chi connectivity index (χ1) is 12.8. The number of esters is 1. The van der Waals surface area contributed by atoms with Crippen molar-refractivity contribution in [2.24, 2.45) is 0 Å². The Hall–Kier alpha value is -3.23. The van der Waals surface area contributed by atoms with Gasteiger partial charge in [0.1, 0.15) is 5.82 Å². The first kappa shape index (κ1) is 18.6. The lowest BCUT2D eigenvalue weighted by Gasteiger charge is -2.06. The van der Waals surface area contributed by atoms with Crippen molar-refractivity contribution in [1.82, 2.24) is 10.1 Å². The predicted octanol–water partition coefficient (Wildman–Crippen LogP) is 4.18. The molecule has 3 aromatic rings. The summed E-state index contributed by atoms with van der Waals surface area (Å²) in [5, 5.41) is 3.59. The topological polar surface area (TPSA) is 65.2 Å². The normalized spacial score (nSPS) is 11.4. The molecule has 5 nitrogen and oxygen atoms in total. The number of ether oxygens (including phenoxy) is 1. The second-order valence-corrected chi connectivity index (χ2v) is 5.55. The van der Waals surface area contributed by atoms with Crippen molar-refractivity contribution in [3.63, 3.8) is 0 Å². The van der Waals surface area contributed by atoms with Gasteiger partial charge in [0.2, 0.25) is 5.82 Å². The standard InChI is InChI=1S/C18H12F4N2O3/c19-14-6-4-11(5-7-14)8-16(25)26-10-15-23-17(24-27-15)12-2-1-3-13(9-12)18(20,21)22/h1-7,9H,8,10H2. The molecule has 0 atom stereocenters. The number of hydrogen-bond donors (Lipinski definition) is 0. The highest BCUT2D eigenvalue weighted by molar-refractivity contribution is 5.72. The maximum atomic E-state index is 12.8. The van der Waals surface area contributed by atoms with E-state index >= 15 is 0 Å². The third-order valence-corrected chi connectivity index (χ3v) is 3.53. The molecule has 3 rings (SSSR count). The number of carbonyl (C=O) groups is 1. The zero-order valence-corrected chi connectivity index (χ0v) is 13.7. The van der Waals surface area contributed by atoms with E-state index in [1.165, 1.54) is 36.4 Å². The lowest BCUT2D eigenvalue weighted by molar-refractivity contribution is -0.145. The predicted molar refractivity (Wildman–Crippen MR) is 84.6 cm³/mol. The summed E-state index contributed by atoms with van der Waals surface area (Å²) in [7, 11) is 0. The summed E-state index contributed by atoms with van der Waals surface area (Å²) >= 11 is 0. The number of aromatic nitrogens is 2. The number of rotatable bonds is 5. The van der Waals surface area contributed by atoms with Crippen LogP contribution < -0.4 is 0 Å². The van der Waals surface area contributed by atoms with E-state index in [0.29, 0.717) is 5.56 Å². The summed E-state index contributed by atoms with van der Waals surface area (Å²) in [6, 6.07) is 9.83. The minimum atomic E-state index is -4.49. The highest BCUT2D eigenvalue weighted by atomic mass is 19.4. The number of halogens is 4. The molecule has 0 aliphatic rings. The van der Waals surface area contributed by atoms with Gasteiger partial charge < -0.3 is 9.26 Å². The van der Waals surface area contributed by atoms with E-state index in [0.717, 1.165) is 12.1 Å². The van der Waals surface area contributed by atoms with Crippen molar-refractivity contribution >= 4 is 5.97 Å². The molecule has 0 amide bonds. The van der Waals surface area contributed by atoms with Crippen LogP contribution in [0.1, 0.15) is 17.0 Å². The Morgan fingerprint density at radius 1 is 1.11 bits per heavy atom. The summed E-state index contributed by atoms with van der Waals surface area (Å²) in [5.74, 6) is -1.12. The molecule has 0 bridgehead atoms. The summed E-state index contributed by atoms with van der Waals surface area (Å²) < 4.78 is 61.0. The van der Waals surface area contributed by atoms with Crippen molar-refractivity contribution in [3.05, 3.63) is 71.4 Å². The molecule has 0 unspecified atom stereocenters. The molecule has 0 radical (unpaired) electrons. The lowest BCUT2D eigenvalue weighted by Crippen LogP contribution is -2.08. The van der Waals surface area contributed by atoms with Crippen LogP contribution in [-0.4, -0.2) is 16.1 Å². The number of benzene rings is 2. The average molecular weight is 380 g/mol. The molecule has 0 saturated heterocycles. The molecule has 27 heavy (non-hydrogen) atoms. The van der Waals surface area contributed by atoms with Crippen LogP contribution in [0.4, 0.5) is 17.6 Å². The zero-order chi connectivity index (χ0) is 19.4. The van der Waals surface area contributed by atoms with E-state index < -0.39 is 23.5 Å².